The number of rotatable bonds is 7. The predicted octanol–water partition coefficient (Wildman–Crippen LogP) is 1.63. The summed E-state index contributed by atoms with van der Waals surface area (Å²) in [4.78, 5) is 61.1. The van der Waals surface area contributed by atoms with Gasteiger partial charge in [0.2, 0.25) is 23.7 Å². The lowest BCUT2D eigenvalue weighted by atomic mass is 9.89. The second-order valence-corrected chi connectivity index (χ2v) is 11.3. The van der Waals surface area contributed by atoms with Crippen molar-refractivity contribution in [1.29, 1.82) is 0 Å². The molecule has 2 aromatic heterocycles. The fourth-order valence-corrected chi connectivity index (χ4v) is 5.46. The molecular formula is C32H35F3N6O6. The summed E-state index contributed by atoms with van der Waals surface area (Å²) < 4.78 is 48.9. The van der Waals surface area contributed by atoms with Crippen molar-refractivity contribution in [2.24, 2.45) is 5.92 Å². The SMILES string of the molecule is CO[C@@H]1[C@H](Cc2c(F)nc(F)c(F)c2C)NC(=O)[C@@H](NC(=O)c2ncccc2O)[C@@H](C)NC(=O)C(Cc2ccccc2)NC(=O)[C@@H]1C. The van der Waals surface area contributed by atoms with E-state index < -0.39 is 101 Å². The van der Waals surface area contributed by atoms with Crippen LogP contribution in [0.15, 0.2) is 48.7 Å². The summed E-state index contributed by atoms with van der Waals surface area (Å²) in [5, 5.41) is 20.7. The zero-order valence-electron chi connectivity index (χ0n) is 26.0. The third-order valence-electron chi connectivity index (χ3n) is 8.09. The van der Waals surface area contributed by atoms with Crippen molar-refractivity contribution in [3.8, 4) is 5.75 Å². The zero-order chi connectivity index (χ0) is 34.4. The first-order chi connectivity index (χ1) is 22.3. The number of methoxy groups -OCH3 is 1. The molecule has 1 unspecified atom stereocenters. The van der Waals surface area contributed by atoms with Crippen LogP contribution in [0.2, 0.25) is 0 Å². The first kappa shape index (κ1) is 34.8. The van der Waals surface area contributed by atoms with Gasteiger partial charge >= 0.3 is 0 Å². The zero-order valence-corrected chi connectivity index (χ0v) is 26.0. The van der Waals surface area contributed by atoms with Crippen LogP contribution in [0.1, 0.15) is 41.0 Å². The van der Waals surface area contributed by atoms with Crippen LogP contribution in [0.5, 0.6) is 5.75 Å². The Balaban J connectivity index is 1.78. The molecule has 15 heteroatoms. The van der Waals surface area contributed by atoms with Crippen LogP contribution in [-0.2, 0) is 32.0 Å². The molecule has 1 aliphatic heterocycles. The van der Waals surface area contributed by atoms with Crippen LogP contribution < -0.4 is 21.3 Å². The first-order valence-corrected chi connectivity index (χ1v) is 14.7. The molecule has 3 aromatic rings. The monoisotopic (exact) mass is 656 g/mol. The molecular weight excluding hydrogens is 621 g/mol. The Morgan fingerprint density at radius 1 is 0.936 bits per heavy atom. The lowest BCUT2D eigenvalue weighted by Gasteiger charge is -2.35. The van der Waals surface area contributed by atoms with Crippen molar-refractivity contribution in [2.75, 3.05) is 7.11 Å². The number of nitrogens with one attached hydrogen (secondary N) is 4. The Morgan fingerprint density at radius 3 is 2.30 bits per heavy atom. The van der Waals surface area contributed by atoms with E-state index in [9.17, 15) is 37.5 Å². The van der Waals surface area contributed by atoms with E-state index >= 15 is 0 Å². The average molecular weight is 657 g/mol. The molecule has 1 fully saturated rings. The number of nitrogens with zero attached hydrogens (tertiary/aromatic N) is 2. The minimum atomic E-state index is -1.64. The van der Waals surface area contributed by atoms with Gasteiger partial charge in [0.25, 0.3) is 11.9 Å². The lowest BCUT2D eigenvalue weighted by Crippen LogP contribution is -2.64. The summed E-state index contributed by atoms with van der Waals surface area (Å²) in [5.74, 6) is -9.08. The topological polar surface area (TPSA) is 172 Å². The van der Waals surface area contributed by atoms with Gasteiger partial charge in [0.1, 0.15) is 17.8 Å². The number of pyridine rings is 2. The molecule has 0 bridgehead atoms. The highest BCUT2D eigenvalue weighted by molar-refractivity contribution is 5.98. The van der Waals surface area contributed by atoms with Crippen LogP contribution in [0.25, 0.3) is 0 Å². The maximum absolute atomic E-state index is 14.9. The van der Waals surface area contributed by atoms with Gasteiger partial charge in [-0.25, -0.2) is 9.37 Å². The number of ether oxygens (including phenoxy) is 1. The number of hydrogen-bond acceptors (Lipinski definition) is 8. The third kappa shape index (κ3) is 8.03. The number of amides is 4. The van der Waals surface area contributed by atoms with Crippen LogP contribution in [0.4, 0.5) is 13.2 Å². The van der Waals surface area contributed by atoms with E-state index in [1.165, 1.54) is 39.3 Å². The van der Waals surface area contributed by atoms with E-state index in [-0.39, 0.29) is 12.0 Å². The van der Waals surface area contributed by atoms with Gasteiger partial charge < -0.3 is 31.1 Å². The maximum atomic E-state index is 14.9. The Kier molecular flexibility index (Phi) is 11.1. The van der Waals surface area contributed by atoms with Gasteiger partial charge in [0.05, 0.1) is 24.1 Å². The molecule has 1 saturated heterocycles. The first-order valence-electron chi connectivity index (χ1n) is 14.7. The van der Waals surface area contributed by atoms with Crippen LogP contribution in [-0.4, -0.2) is 76.1 Å². The number of carbonyl (C=O) groups excluding carboxylic acids is 4. The van der Waals surface area contributed by atoms with Crippen LogP contribution >= 0.6 is 0 Å². The molecule has 0 saturated carbocycles. The molecule has 12 nitrogen and oxygen atoms in total. The summed E-state index contributed by atoms with van der Waals surface area (Å²) in [7, 11) is 1.24. The molecule has 3 heterocycles. The number of carbonyl (C=O) groups is 4. The molecule has 6 atom stereocenters. The van der Waals surface area contributed by atoms with E-state index in [0.29, 0.717) is 5.56 Å². The normalized spacial score (nSPS) is 23.9. The van der Waals surface area contributed by atoms with Gasteiger partial charge in [-0.2, -0.15) is 13.8 Å². The van der Waals surface area contributed by atoms with Crippen molar-refractivity contribution in [3.63, 3.8) is 0 Å². The van der Waals surface area contributed by atoms with Gasteiger partial charge in [0, 0.05) is 31.7 Å². The number of hydrogen-bond donors (Lipinski definition) is 5. The second kappa shape index (κ2) is 15.0. The van der Waals surface area contributed by atoms with Crippen molar-refractivity contribution < 1.29 is 42.2 Å². The summed E-state index contributed by atoms with van der Waals surface area (Å²) in [6, 6.07) is 6.38. The van der Waals surface area contributed by atoms with Gasteiger partial charge in [-0.3, -0.25) is 19.2 Å². The summed E-state index contributed by atoms with van der Waals surface area (Å²) >= 11 is 0. The largest absolute Gasteiger partial charge is 0.505 e. The minimum Gasteiger partial charge on any atom is -0.505 e. The maximum Gasteiger partial charge on any atom is 0.274 e. The van der Waals surface area contributed by atoms with E-state index in [4.69, 9.17) is 4.74 Å². The molecule has 0 spiro atoms. The lowest BCUT2D eigenvalue weighted by molar-refractivity contribution is -0.137. The highest BCUT2D eigenvalue weighted by atomic mass is 19.2. The van der Waals surface area contributed by atoms with E-state index in [0.717, 1.165) is 6.92 Å². The number of benzene rings is 1. The number of aromatic hydroxyl groups is 1. The van der Waals surface area contributed by atoms with Crippen LogP contribution in [0, 0.1) is 30.6 Å². The number of aromatic nitrogens is 2. The van der Waals surface area contributed by atoms with E-state index in [1.807, 2.05) is 0 Å². The smallest absolute Gasteiger partial charge is 0.274 e. The second-order valence-electron chi connectivity index (χ2n) is 11.3. The van der Waals surface area contributed by atoms with Gasteiger partial charge in [-0.05, 0) is 37.1 Å². The Hall–Kier alpha value is -5.05. The standard InChI is InChI=1S/C32H35F3N6O6/c1-15-19(27(34)41-28(35)23(15)33)14-20-26(47-4)16(2)29(43)39-21(13-18-9-6-5-7-10-18)30(44)37-17(3)24(31(45)38-20)40-32(46)25-22(42)11-8-12-36-25/h5-12,16-17,20-21,24,26,42H,13-14H2,1-4H3,(H,37,44)(H,38,45)(H,39,43)(H,40,46)/t16-,17-,20+,21?,24+,26+/m1/s1. The molecule has 5 N–H and O–H groups in total. The van der Waals surface area contributed by atoms with Gasteiger partial charge in [-0.1, -0.05) is 37.3 Å². The minimum absolute atomic E-state index is 0.0644. The Bertz CT molecular complexity index is 1650. The molecule has 4 rings (SSSR count). The fraction of sp³-hybridized carbons (Fsp3) is 0.375. The highest BCUT2D eigenvalue weighted by Crippen LogP contribution is 2.23. The van der Waals surface area contributed by atoms with Crippen molar-refractivity contribution in [3.05, 3.63) is 88.8 Å². The summed E-state index contributed by atoms with van der Waals surface area (Å²) in [6.45, 7) is 4.04. The quantitative estimate of drug-likeness (QED) is 0.239. The number of halogens is 3. The van der Waals surface area contributed by atoms with Gasteiger partial charge in [-0.15, -0.1) is 0 Å². The average Bonchev–Trinajstić information content (AvgIpc) is 3.04. The molecule has 4 amide bonds. The summed E-state index contributed by atoms with van der Waals surface area (Å²) in [5.41, 5.74) is -0.462. The highest BCUT2D eigenvalue weighted by Gasteiger charge is 2.40. The van der Waals surface area contributed by atoms with Crippen molar-refractivity contribution in [1.82, 2.24) is 31.2 Å². The van der Waals surface area contributed by atoms with Crippen LogP contribution in [0.3, 0.4) is 0 Å². The van der Waals surface area contributed by atoms with Gasteiger partial charge in [0.15, 0.2) is 11.5 Å². The van der Waals surface area contributed by atoms with E-state index in [2.05, 4.69) is 31.2 Å². The molecule has 250 valence electrons. The Labute approximate surface area is 268 Å². The molecule has 47 heavy (non-hydrogen) atoms. The van der Waals surface area contributed by atoms with Crippen molar-refractivity contribution in [2.45, 2.75) is 63.9 Å². The molecule has 1 aromatic carbocycles. The Morgan fingerprint density at radius 2 is 1.64 bits per heavy atom. The molecule has 1 aliphatic rings. The van der Waals surface area contributed by atoms with Crippen molar-refractivity contribution >= 4 is 23.6 Å². The summed E-state index contributed by atoms with van der Waals surface area (Å²) in [6.07, 6.45) is -0.392. The fourth-order valence-electron chi connectivity index (χ4n) is 5.46. The predicted molar refractivity (Wildman–Crippen MR) is 161 cm³/mol. The molecule has 0 radical (unpaired) electrons. The third-order valence-corrected chi connectivity index (χ3v) is 8.09. The molecule has 0 aliphatic carbocycles. The van der Waals surface area contributed by atoms with E-state index in [1.54, 1.807) is 30.3 Å².